The molecule has 9 aromatic rings. The molecule has 1 saturated heterocycles. The quantitative estimate of drug-likeness (QED) is 0.0391. The summed E-state index contributed by atoms with van der Waals surface area (Å²) in [5.74, 6) is -1.51. The van der Waals surface area contributed by atoms with Crippen molar-refractivity contribution in [2.24, 2.45) is 0 Å². The van der Waals surface area contributed by atoms with Gasteiger partial charge in [0, 0.05) is 63.0 Å². The van der Waals surface area contributed by atoms with Crippen molar-refractivity contribution in [1.29, 1.82) is 0 Å². The number of alkyl halides is 12. The van der Waals surface area contributed by atoms with Crippen molar-refractivity contribution in [3.8, 4) is 33.8 Å². The number of benzene rings is 5. The van der Waals surface area contributed by atoms with Crippen molar-refractivity contribution in [1.82, 2.24) is 55.4 Å². The van der Waals surface area contributed by atoms with Crippen LogP contribution in [0.3, 0.4) is 0 Å². The molecule has 0 atom stereocenters. The molecule has 2 N–H and O–H groups in total. The van der Waals surface area contributed by atoms with Crippen LogP contribution in [0.5, 0.6) is 0 Å². The highest BCUT2D eigenvalue weighted by Crippen LogP contribution is 2.41. The molecule has 1 aliphatic rings. The number of aromatic nitrogens is 8. The third-order valence-electron chi connectivity index (χ3n) is 14.5. The first-order valence-electron chi connectivity index (χ1n) is 28.0. The van der Waals surface area contributed by atoms with Gasteiger partial charge in [-0.25, -0.2) is 9.36 Å². The van der Waals surface area contributed by atoms with E-state index in [1.54, 1.807) is 105 Å². The Labute approximate surface area is 531 Å². The molecule has 492 valence electrons. The third kappa shape index (κ3) is 16.5. The van der Waals surface area contributed by atoms with Gasteiger partial charge in [0.25, 0.3) is 0 Å². The maximum atomic E-state index is 14.5. The molecule has 4 aromatic heterocycles. The zero-order valence-electron chi connectivity index (χ0n) is 49.2. The topological polar surface area (TPSA) is 199 Å². The van der Waals surface area contributed by atoms with Crippen molar-refractivity contribution in [3.63, 3.8) is 0 Å². The van der Waals surface area contributed by atoms with Crippen LogP contribution in [0, 0.1) is 0 Å². The van der Waals surface area contributed by atoms with E-state index >= 15 is 0 Å². The number of carbonyl (C=O) groups excluding carboxylic acids is 2. The van der Waals surface area contributed by atoms with E-state index in [4.69, 9.17) is 37.0 Å². The molecule has 32 heteroatoms. The van der Waals surface area contributed by atoms with E-state index in [1.807, 2.05) is 4.90 Å². The highest BCUT2D eigenvalue weighted by atomic mass is 35.5. The number of rotatable bonds is 21. The van der Waals surface area contributed by atoms with Crippen LogP contribution in [0.4, 0.5) is 58.5 Å². The second-order valence-electron chi connectivity index (χ2n) is 21.3. The maximum Gasteiger partial charge on any atom is 0.416 e. The van der Waals surface area contributed by atoms with Crippen molar-refractivity contribution in [2.75, 3.05) is 78.5 Å². The van der Waals surface area contributed by atoms with Gasteiger partial charge in [-0.15, -0.1) is 10.2 Å². The lowest BCUT2D eigenvalue weighted by Crippen LogP contribution is -2.40. The Morgan fingerprint density at radius 1 is 0.591 bits per heavy atom. The number of aliphatic hydroxyl groups is 1. The molecule has 0 radical (unpaired) electrons. The van der Waals surface area contributed by atoms with Gasteiger partial charge in [0.05, 0.1) is 76.3 Å². The summed E-state index contributed by atoms with van der Waals surface area (Å²) in [5, 5.41) is 37.9. The summed E-state index contributed by atoms with van der Waals surface area (Å²) in [6.45, 7) is 3.10. The van der Waals surface area contributed by atoms with Crippen molar-refractivity contribution < 1.29 is 81.2 Å². The Kier molecular flexibility index (Phi) is 21.3. The van der Waals surface area contributed by atoms with Gasteiger partial charge in [0.1, 0.15) is 23.7 Å². The molecule has 93 heavy (non-hydrogen) atoms. The largest absolute Gasteiger partial charge is 0.416 e. The minimum absolute atomic E-state index is 0.00351. The first kappa shape index (κ1) is 68.8. The van der Waals surface area contributed by atoms with E-state index in [0.29, 0.717) is 72.3 Å². The van der Waals surface area contributed by atoms with Crippen LogP contribution in [-0.4, -0.2) is 140 Å². The SMILES string of the molecule is CN(C)CCN(C)c1c(C(=O)c2c(-c3ccccc3Cl)noc2CO)nnn1Cc1cc(C(F)(F)F)cc(C(F)(F)F)c1.O=C(c1nnn(Cc2cc(C(F)(F)F)cc(C(F)(F)F)c2)c1-c1ccccc1)c1c(-c2ccccc2Cl)noc1CNCCN1CCOCC1. The van der Waals surface area contributed by atoms with Crippen LogP contribution < -0.4 is 10.2 Å². The number of carbonyl (C=O) groups is 2. The summed E-state index contributed by atoms with van der Waals surface area (Å²) in [6.07, 6.45) is -20.2. The summed E-state index contributed by atoms with van der Waals surface area (Å²) in [4.78, 5) is 34.1. The molecular formula is C61H54Cl2F12N12O6. The number of aliphatic hydroxyl groups excluding tert-OH is 1. The van der Waals surface area contributed by atoms with Gasteiger partial charge in [0.2, 0.25) is 11.6 Å². The van der Waals surface area contributed by atoms with Gasteiger partial charge < -0.3 is 34.0 Å². The molecule has 0 unspecified atom stereocenters. The average molecular weight is 1350 g/mol. The number of morpholine rings is 1. The van der Waals surface area contributed by atoms with Crippen LogP contribution in [-0.2, 0) is 55.7 Å². The number of hydrogen-bond acceptors (Lipinski definition) is 16. The van der Waals surface area contributed by atoms with Crippen LogP contribution in [0.15, 0.2) is 124 Å². The standard InChI is InChI=1S/C34H29ClF6N6O3.C27H25ClF6N6O3/c35-26-9-5-4-8-25(26)29-28(27(50-44-29)19-42-10-11-46-12-14-49-15-13-46)32(48)30-31(22-6-2-1-3-7-22)47(45-43-30)20-21-16-23(33(36,37)38)18-24(17-21)34(39,40)41;1-38(2)8-9-39(3)25-23(24(42)21-20(14-41)43-36-22(21)18-6-4-5-7-19(18)28)35-37-40(25)13-15-10-16(26(29,30)31)12-17(11-15)27(32,33)34/h1-9,16-18,42H,10-15,19-20H2;4-7,10-12,41H,8-9,13-14H2,1-3H3. The van der Waals surface area contributed by atoms with Crippen molar-refractivity contribution in [3.05, 3.63) is 193 Å². The predicted molar refractivity (Wildman–Crippen MR) is 314 cm³/mol. The fourth-order valence-electron chi connectivity index (χ4n) is 9.94. The van der Waals surface area contributed by atoms with E-state index in [0.717, 1.165) is 29.0 Å². The molecule has 5 aromatic carbocycles. The van der Waals surface area contributed by atoms with Crippen LogP contribution in [0.2, 0.25) is 10.0 Å². The fourth-order valence-corrected chi connectivity index (χ4v) is 10.4. The Balaban J connectivity index is 0.000000222. The van der Waals surface area contributed by atoms with Crippen LogP contribution in [0.25, 0.3) is 33.8 Å². The van der Waals surface area contributed by atoms with Gasteiger partial charge in [-0.1, -0.05) is 111 Å². The zero-order chi connectivity index (χ0) is 67.2. The summed E-state index contributed by atoms with van der Waals surface area (Å²) in [5.41, 5.74) is -5.99. The van der Waals surface area contributed by atoms with E-state index < -0.39 is 78.2 Å². The zero-order valence-corrected chi connectivity index (χ0v) is 50.7. The van der Waals surface area contributed by atoms with E-state index in [1.165, 1.54) is 0 Å². The van der Waals surface area contributed by atoms with E-state index in [-0.39, 0.29) is 98.3 Å². The minimum Gasteiger partial charge on any atom is -0.388 e. The molecule has 5 heterocycles. The molecule has 0 saturated carbocycles. The molecule has 18 nitrogen and oxygen atoms in total. The smallest absolute Gasteiger partial charge is 0.388 e. The molecule has 0 bridgehead atoms. The highest BCUT2D eigenvalue weighted by molar-refractivity contribution is 6.34. The maximum absolute atomic E-state index is 14.5. The van der Waals surface area contributed by atoms with Gasteiger partial charge in [-0.2, -0.15) is 52.7 Å². The lowest BCUT2D eigenvalue weighted by atomic mass is 9.98. The van der Waals surface area contributed by atoms with E-state index in [9.17, 15) is 67.4 Å². The normalized spacial score (nSPS) is 13.4. The average Bonchev–Trinajstić information content (AvgIpc) is 1.64. The highest BCUT2D eigenvalue weighted by Gasteiger charge is 2.40. The number of likely N-dealkylation sites (N-methyl/N-ethyl adjacent to an activating group) is 2. The first-order valence-corrected chi connectivity index (χ1v) is 28.8. The number of halogens is 14. The van der Waals surface area contributed by atoms with Gasteiger partial charge >= 0.3 is 24.7 Å². The number of ether oxygens (including phenoxy) is 1. The predicted octanol–water partition coefficient (Wildman–Crippen LogP) is 12.4. The van der Waals surface area contributed by atoms with Crippen molar-refractivity contribution >= 4 is 40.6 Å². The molecule has 0 amide bonds. The Bertz CT molecular complexity index is 4020. The van der Waals surface area contributed by atoms with Crippen molar-refractivity contribution in [2.45, 2.75) is 50.9 Å². The number of nitrogens with one attached hydrogen (secondary N) is 1. The Morgan fingerprint density at radius 2 is 1.04 bits per heavy atom. The number of ketones is 2. The van der Waals surface area contributed by atoms with Gasteiger partial charge in [-0.3, -0.25) is 14.5 Å². The monoisotopic (exact) mass is 1350 g/mol. The number of hydrogen-bond donors (Lipinski definition) is 2. The number of anilines is 1. The van der Waals surface area contributed by atoms with Gasteiger partial charge in [0.15, 0.2) is 28.7 Å². The summed E-state index contributed by atoms with van der Waals surface area (Å²) < 4.78 is 181. The lowest BCUT2D eigenvalue weighted by molar-refractivity contribution is -0.144. The summed E-state index contributed by atoms with van der Waals surface area (Å²) >= 11 is 12.8. The lowest BCUT2D eigenvalue weighted by Gasteiger charge is -2.26. The molecule has 0 aliphatic carbocycles. The third-order valence-corrected chi connectivity index (χ3v) is 15.2. The summed E-state index contributed by atoms with van der Waals surface area (Å²) in [6, 6.07) is 23.9. The molecule has 1 fully saturated rings. The summed E-state index contributed by atoms with van der Waals surface area (Å²) in [7, 11) is 5.15. The van der Waals surface area contributed by atoms with Crippen LogP contribution >= 0.6 is 23.2 Å². The Morgan fingerprint density at radius 3 is 1.54 bits per heavy atom. The molecule has 10 rings (SSSR count). The minimum atomic E-state index is -5.05. The molecule has 0 spiro atoms. The second-order valence-corrected chi connectivity index (χ2v) is 22.2. The first-order chi connectivity index (χ1) is 44.0. The molecule has 1 aliphatic heterocycles. The Hall–Kier alpha value is -8.52. The van der Waals surface area contributed by atoms with E-state index in [2.05, 4.69) is 41.2 Å². The second kappa shape index (κ2) is 28.8. The number of nitrogens with zero attached hydrogens (tertiary/aromatic N) is 11. The van der Waals surface area contributed by atoms with Crippen LogP contribution in [0.1, 0.15) is 77.0 Å². The fraction of sp³-hybridized carbons (Fsp3) is 0.311. The molecular weight excluding hydrogens is 1300 g/mol. The van der Waals surface area contributed by atoms with Gasteiger partial charge in [-0.05, 0) is 73.8 Å².